The zero-order chi connectivity index (χ0) is 16.8. The number of benzene rings is 2. The number of amides is 1. The van der Waals surface area contributed by atoms with E-state index >= 15 is 0 Å². The molecule has 0 spiro atoms. The van der Waals surface area contributed by atoms with Crippen LogP contribution in [0.1, 0.15) is 6.92 Å². The smallest absolute Gasteiger partial charge is 0.387 e. The van der Waals surface area contributed by atoms with E-state index in [9.17, 15) is 13.6 Å². The Balaban J connectivity index is 1.91. The molecule has 2 aromatic carbocycles. The summed E-state index contributed by atoms with van der Waals surface area (Å²) in [4.78, 5) is 12.0. The van der Waals surface area contributed by atoms with Crippen LogP contribution in [0.25, 0.3) is 0 Å². The zero-order valence-corrected chi connectivity index (χ0v) is 13.7. The average Bonchev–Trinajstić information content (AvgIpc) is 2.51. The number of hydrogen-bond acceptors (Lipinski definition) is 3. The molecule has 0 bridgehead atoms. The molecule has 0 unspecified atom stereocenters. The first kappa shape index (κ1) is 17.2. The molecule has 7 heteroatoms. The summed E-state index contributed by atoms with van der Waals surface area (Å²) in [7, 11) is 0. The number of carbonyl (C=O) groups excluding carboxylic acids is 1. The molecule has 122 valence electrons. The third kappa shape index (κ3) is 5.52. The fourth-order valence-electron chi connectivity index (χ4n) is 1.73. The van der Waals surface area contributed by atoms with Gasteiger partial charge in [0.2, 0.25) is 0 Å². The van der Waals surface area contributed by atoms with Gasteiger partial charge in [0.25, 0.3) is 5.91 Å². The molecule has 2 aromatic rings. The first-order valence-corrected chi connectivity index (χ1v) is 7.51. The molecular weight excluding hydrogens is 372 g/mol. The van der Waals surface area contributed by atoms with Crippen molar-refractivity contribution in [1.29, 1.82) is 0 Å². The molecule has 4 nitrogen and oxygen atoms in total. The van der Waals surface area contributed by atoms with Crippen molar-refractivity contribution in [2.75, 3.05) is 5.32 Å². The molecule has 1 atom stereocenters. The molecule has 1 N–H and O–H groups in total. The van der Waals surface area contributed by atoms with Gasteiger partial charge in [-0.15, -0.1) is 0 Å². The summed E-state index contributed by atoms with van der Waals surface area (Å²) in [6.07, 6.45) is -0.715. The Morgan fingerprint density at radius 2 is 1.52 bits per heavy atom. The highest BCUT2D eigenvalue weighted by atomic mass is 79.9. The molecular formula is C16H14BrF2NO3. The summed E-state index contributed by atoms with van der Waals surface area (Å²) in [5.41, 5.74) is 0.461. The van der Waals surface area contributed by atoms with Crippen LogP contribution in [0.15, 0.2) is 53.0 Å². The number of nitrogens with one attached hydrogen (secondary N) is 1. The van der Waals surface area contributed by atoms with Gasteiger partial charge in [-0.05, 0) is 55.5 Å². The largest absolute Gasteiger partial charge is 0.481 e. The lowest BCUT2D eigenvalue weighted by Gasteiger charge is -2.15. The van der Waals surface area contributed by atoms with Crippen LogP contribution in [-0.2, 0) is 4.79 Å². The summed E-state index contributed by atoms with van der Waals surface area (Å²) >= 11 is 3.31. The highest BCUT2D eigenvalue weighted by Gasteiger charge is 2.15. The van der Waals surface area contributed by atoms with Gasteiger partial charge in [-0.3, -0.25) is 4.79 Å². The van der Waals surface area contributed by atoms with Gasteiger partial charge >= 0.3 is 6.61 Å². The number of ether oxygens (including phenoxy) is 2. The third-order valence-corrected chi connectivity index (χ3v) is 3.37. The van der Waals surface area contributed by atoms with Crippen molar-refractivity contribution in [1.82, 2.24) is 0 Å². The van der Waals surface area contributed by atoms with E-state index in [0.29, 0.717) is 11.4 Å². The van der Waals surface area contributed by atoms with Crippen molar-refractivity contribution >= 4 is 27.5 Å². The minimum atomic E-state index is -2.88. The number of alkyl halides is 2. The van der Waals surface area contributed by atoms with Gasteiger partial charge in [0.05, 0.1) is 0 Å². The maximum Gasteiger partial charge on any atom is 0.387 e. The highest BCUT2D eigenvalue weighted by molar-refractivity contribution is 9.10. The maximum absolute atomic E-state index is 12.1. The minimum absolute atomic E-state index is 0.0251. The van der Waals surface area contributed by atoms with Crippen LogP contribution in [0, 0.1) is 0 Å². The lowest BCUT2D eigenvalue weighted by Crippen LogP contribution is -2.30. The predicted octanol–water partition coefficient (Wildman–Crippen LogP) is 4.46. The second-order valence-corrected chi connectivity index (χ2v) is 5.52. The van der Waals surface area contributed by atoms with E-state index in [0.717, 1.165) is 4.47 Å². The van der Waals surface area contributed by atoms with Gasteiger partial charge in [0, 0.05) is 10.2 Å². The standard InChI is InChI=1S/C16H14BrF2NO3/c1-10(22-13-6-2-11(17)3-7-13)15(21)20-12-4-8-14(9-5-12)23-16(18)19/h2-10,16H,1H3,(H,20,21)/t10-/m1/s1. The topological polar surface area (TPSA) is 47.6 Å². The van der Waals surface area contributed by atoms with Crippen LogP contribution in [0.2, 0.25) is 0 Å². The molecule has 0 aromatic heterocycles. The molecule has 0 aliphatic heterocycles. The van der Waals surface area contributed by atoms with E-state index in [2.05, 4.69) is 26.0 Å². The van der Waals surface area contributed by atoms with Crippen LogP contribution in [-0.4, -0.2) is 18.6 Å². The van der Waals surface area contributed by atoms with Crippen LogP contribution in [0.3, 0.4) is 0 Å². The van der Waals surface area contributed by atoms with Crippen LogP contribution in [0.5, 0.6) is 11.5 Å². The molecule has 0 saturated heterocycles. The predicted molar refractivity (Wildman–Crippen MR) is 85.9 cm³/mol. The normalized spacial score (nSPS) is 11.9. The maximum atomic E-state index is 12.1. The fourth-order valence-corrected chi connectivity index (χ4v) is 2.00. The van der Waals surface area contributed by atoms with Crippen molar-refractivity contribution in [3.63, 3.8) is 0 Å². The van der Waals surface area contributed by atoms with Gasteiger partial charge in [-0.25, -0.2) is 0 Å². The van der Waals surface area contributed by atoms with Crippen molar-refractivity contribution in [2.45, 2.75) is 19.6 Å². The number of rotatable bonds is 6. The van der Waals surface area contributed by atoms with E-state index in [1.807, 2.05) is 12.1 Å². The van der Waals surface area contributed by atoms with E-state index < -0.39 is 12.7 Å². The Labute approximate surface area is 140 Å². The van der Waals surface area contributed by atoms with Gasteiger partial charge < -0.3 is 14.8 Å². The van der Waals surface area contributed by atoms with Gasteiger partial charge in [-0.1, -0.05) is 15.9 Å². The summed E-state index contributed by atoms with van der Waals surface area (Å²) in [6, 6.07) is 12.7. The molecule has 23 heavy (non-hydrogen) atoms. The Bertz CT molecular complexity index is 647. The Morgan fingerprint density at radius 3 is 2.09 bits per heavy atom. The Kier molecular flexibility index (Phi) is 5.92. The highest BCUT2D eigenvalue weighted by Crippen LogP contribution is 2.19. The summed E-state index contributed by atoms with van der Waals surface area (Å²) < 4.78 is 34.8. The van der Waals surface area contributed by atoms with Crippen molar-refractivity contribution in [3.05, 3.63) is 53.0 Å². The van der Waals surface area contributed by atoms with Crippen LogP contribution < -0.4 is 14.8 Å². The fraction of sp³-hybridized carbons (Fsp3) is 0.188. The molecule has 2 rings (SSSR count). The first-order valence-electron chi connectivity index (χ1n) is 6.72. The SMILES string of the molecule is C[C@@H](Oc1ccc(Br)cc1)C(=O)Nc1ccc(OC(F)F)cc1. The summed E-state index contributed by atoms with van der Waals surface area (Å²) in [5, 5.41) is 2.64. The summed E-state index contributed by atoms with van der Waals surface area (Å²) in [6.45, 7) is -1.26. The third-order valence-electron chi connectivity index (χ3n) is 2.84. The Hall–Kier alpha value is -2.15. The van der Waals surface area contributed by atoms with E-state index in [4.69, 9.17) is 4.74 Å². The monoisotopic (exact) mass is 385 g/mol. The molecule has 0 saturated carbocycles. The minimum Gasteiger partial charge on any atom is -0.481 e. The summed E-state index contributed by atoms with van der Waals surface area (Å²) in [5.74, 6) is 0.240. The number of anilines is 1. The molecule has 1 amide bonds. The van der Waals surface area contributed by atoms with Gasteiger partial charge in [0.15, 0.2) is 6.10 Å². The van der Waals surface area contributed by atoms with E-state index in [-0.39, 0.29) is 11.7 Å². The second-order valence-electron chi connectivity index (χ2n) is 4.61. The molecule has 0 aliphatic rings. The van der Waals surface area contributed by atoms with Crippen LogP contribution >= 0.6 is 15.9 Å². The number of hydrogen-bond donors (Lipinski definition) is 1. The van der Waals surface area contributed by atoms with Gasteiger partial charge in [0.1, 0.15) is 11.5 Å². The number of halogens is 3. The van der Waals surface area contributed by atoms with E-state index in [1.54, 1.807) is 19.1 Å². The Morgan fingerprint density at radius 1 is 1.00 bits per heavy atom. The molecule has 0 heterocycles. The lowest BCUT2D eigenvalue weighted by atomic mass is 10.2. The second kappa shape index (κ2) is 7.92. The molecule has 0 fully saturated rings. The first-order chi connectivity index (χ1) is 10.9. The van der Waals surface area contributed by atoms with E-state index in [1.165, 1.54) is 24.3 Å². The van der Waals surface area contributed by atoms with Gasteiger partial charge in [-0.2, -0.15) is 8.78 Å². The van der Waals surface area contributed by atoms with Crippen LogP contribution in [0.4, 0.5) is 14.5 Å². The molecule has 0 radical (unpaired) electrons. The zero-order valence-electron chi connectivity index (χ0n) is 12.1. The lowest BCUT2D eigenvalue weighted by molar-refractivity contribution is -0.122. The average molecular weight is 386 g/mol. The number of carbonyl (C=O) groups is 1. The van der Waals surface area contributed by atoms with Crippen molar-refractivity contribution in [2.24, 2.45) is 0 Å². The van der Waals surface area contributed by atoms with Crippen molar-refractivity contribution < 1.29 is 23.0 Å². The molecule has 0 aliphatic carbocycles. The van der Waals surface area contributed by atoms with Crippen molar-refractivity contribution in [3.8, 4) is 11.5 Å². The quantitative estimate of drug-likeness (QED) is 0.798.